The van der Waals surface area contributed by atoms with Gasteiger partial charge in [0.05, 0.1) is 6.04 Å². The summed E-state index contributed by atoms with van der Waals surface area (Å²) >= 11 is 0. The predicted octanol–water partition coefficient (Wildman–Crippen LogP) is 1.49. The molecule has 1 aromatic rings. The number of nitrogens with two attached hydrogens (primary N) is 1. The standard InChI is InChI=1S/C13H18FN3O/c1-9(6-15)7-17-8-12(16-13(17)18)10-2-4-11(14)5-3-10/h2-5,9,12H,6-8,15H2,1H3,(H,16,18). The summed E-state index contributed by atoms with van der Waals surface area (Å²) in [6.07, 6.45) is 0. The second-order valence-corrected chi connectivity index (χ2v) is 4.80. The minimum absolute atomic E-state index is 0.0666. The lowest BCUT2D eigenvalue weighted by molar-refractivity contribution is 0.211. The molecule has 3 N–H and O–H groups in total. The van der Waals surface area contributed by atoms with Crippen molar-refractivity contribution in [3.05, 3.63) is 35.6 Å². The first-order chi connectivity index (χ1) is 8.60. The molecule has 1 aromatic carbocycles. The SMILES string of the molecule is CC(CN)CN1CC(c2ccc(F)cc2)NC1=O. The number of halogens is 1. The molecule has 5 heteroatoms. The van der Waals surface area contributed by atoms with Crippen molar-refractivity contribution in [2.75, 3.05) is 19.6 Å². The third-order valence-electron chi connectivity index (χ3n) is 3.19. The molecule has 2 unspecified atom stereocenters. The van der Waals surface area contributed by atoms with Gasteiger partial charge in [-0.05, 0) is 30.2 Å². The molecule has 1 aliphatic heterocycles. The summed E-state index contributed by atoms with van der Waals surface area (Å²) in [5.41, 5.74) is 6.48. The molecule has 0 radical (unpaired) electrons. The number of benzene rings is 1. The molecule has 1 fully saturated rings. The molecule has 4 nitrogen and oxygen atoms in total. The van der Waals surface area contributed by atoms with Gasteiger partial charge >= 0.3 is 6.03 Å². The highest BCUT2D eigenvalue weighted by Gasteiger charge is 2.30. The quantitative estimate of drug-likeness (QED) is 0.851. The van der Waals surface area contributed by atoms with E-state index in [0.29, 0.717) is 19.6 Å². The fourth-order valence-corrected chi connectivity index (χ4v) is 2.08. The molecule has 2 amide bonds. The molecule has 0 aliphatic carbocycles. The van der Waals surface area contributed by atoms with Gasteiger partial charge < -0.3 is 16.0 Å². The first-order valence-electron chi connectivity index (χ1n) is 6.11. The third-order valence-corrected chi connectivity index (χ3v) is 3.19. The molecule has 1 saturated heterocycles. The van der Waals surface area contributed by atoms with Crippen LogP contribution in [-0.4, -0.2) is 30.6 Å². The Balaban J connectivity index is 2.02. The van der Waals surface area contributed by atoms with E-state index in [1.807, 2.05) is 6.92 Å². The zero-order valence-corrected chi connectivity index (χ0v) is 10.4. The molecule has 1 heterocycles. The molecule has 0 aromatic heterocycles. The van der Waals surface area contributed by atoms with Gasteiger partial charge in [-0.15, -0.1) is 0 Å². The lowest BCUT2D eigenvalue weighted by atomic mass is 10.1. The van der Waals surface area contributed by atoms with Crippen LogP contribution in [0.2, 0.25) is 0 Å². The Morgan fingerprint density at radius 1 is 1.50 bits per heavy atom. The van der Waals surface area contributed by atoms with Gasteiger partial charge in [-0.3, -0.25) is 0 Å². The summed E-state index contributed by atoms with van der Waals surface area (Å²) < 4.78 is 12.8. The molecular weight excluding hydrogens is 233 g/mol. The molecule has 2 atom stereocenters. The highest BCUT2D eigenvalue weighted by Crippen LogP contribution is 2.21. The third kappa shape index (κ3) is 2.79. The van der Waals surface area contributed by atoms with E-state index in [-0.39, 0.29) is 23.8 Å². The summed E-state index contributed by atoms with van der Waals surface area (Å²) in [4.78, 5) is 13.5. The summed E-state index contributed by atoms with van der Waals surface area (Å²) in [6, 6.07) is 6.08. The van der Waals surface area contributed by atoms with E-state index in [4.69, 9.17) is 5.73 Å². The van der Waals surface area contributed by atoms with Crippen molar-refractivity contribution in [1.29, 1.82) is 0 Å². The van der Waals surface area contributed by atoms with E-state index in [1.165, 1.54) is 12.1 Å². The minimum atomic E-state index is -0.267. The molecule has 0 saturated carbocycles. The van der Waals surface area contributed by atoms with Crippen molar-refractivity contribution in [2.45, 2.75) is 13.0 Å². The monoisotopic (exact) mass is 251 g/mol. The van der Waals surface area contributed by atoms with Crippen LogP contribution in [0.25, 0.3) is 0 Å². The van der Waals surface area contributed by atoms with Gasteiger partial charge in [-0.2, -0.15) is 0 Å². The molecule has 18 heavy (non-hydrogen) atoms. The van der Waals surface area contributed by atoms with Gasteiger partial charge in [-0.1, -0.05) is 19.1 Å². The van der Waals surface area contributed by atoms with Gasteiger partial charge in [0, 0.05) is 13.1 Å². The smallest absolute Gasteiger partial charge is 0.318 e. The summed E-state index contributed by atoms with van der Waals surface area (Å²) in [6.45, 7) is 3.83. The maximum absolute atomic E-state index is 12.8. The number of amides is 2. The van der Waals surface area contributed by atoms with Crippen LogP contribution in [0.4, 0.5) is 9.18 Å². The highest BCUT2D eigenvalue weighted by molar-refractivity contribution is 5.77. The maximum Gasteiger partial charge on any atom is 0.318 e. The van der Waals surface area contributed by atoms with E-state index in [0.717, 1.165) is 5.56 Å². The van der Waals surface area contributed by atoms with Crippen LogP contribution in [0.1, 0.15) is 18.5 Å². The summed E-state index contributed by atoms with van der Waals surface area (Å²) in [5.74, 6) is 0.0133. The van der Waals surface area contributed by atoms with Gasteiger partial charge in [0.2, 0.25) is 0 Å². The van der Waals surface area contributed by atoms with E-state index < -0.39 is 0 Å². The van der Waals surface area contributed by atoms with Crippen molar-refractivity contribution in [3.8, 4) is 0 Å². The first-order valence-corrected chi connectivity index (χ1v) is 6.11. The van der Waals surface area contributed by atoms with Gasteiger partial charge in [0.15, 0.2) is 0 Å². The fourth-order valence-electron chi connectivity index (χ4n) is 2.08. The van der Waals surface area contributed by atoms with Crippen molar-refractivity contribution < 1.29 is 9.18 Å². The molecule has 0 bridgehead atoms. The zero-order valence-electron chi connectivity index (χ0n) is 10.4. The predicted molar refractivity (Wildman–Crippen MR) is 67.5 cm³/mol. The van der Waals surface area contributed by atoms with Gasteiger partial charge in [0.1, 0.15) is 5.82 Å². The molecule has 0 spiro atoms. The second kappa shape index (κ2) is 5.35. The Labute approximate surface area is 106 Å². The van der Waals surface area contributed by atoms with Crippen molar-refractivity contribution >= 4 is 6.03 Å². The van der Waals surface area contributed by atoms with E-state index in [2.05, 4.69) is 5.32 Å². The van der Waals surface area contributed by atoms with Crippen LogP contribution < -0.4 is 11.1 Å². The van der Waals surface area contributed by atoms with Gasteiger partial charge in [0.25, 0.3) is 0 Å². The topological polar surface area (TPSA) is 58.4 Å². The van der Waals surface area contributed by atoms with E-state index in [9.17, 15) is 9.18 Å². The largest absolute Gasteiger partial charge is 0.330 e. The Hall–Kier alpha value is -1.62. The fraction of sp³-hybridized carbons (Fsp3) is 0.462. The Kier molecular flexibility index (Phi) is 3.81. The van der Waals surface area contributed by atoms with Crippen molar-refractivity contribution in [2.24, 2.45) is 11.7 Å². The number of nitrogens with one attached hydrogen (secondary N) is 1. The second-order valence-electron chi connectivity index (χ2n) is 4.80. The number of rotatable bonds is 4. The van der Waals surface area contributed by atoms with Crippen LogP contribution in [-0.2, 0) is 0 Å². The summed E-state index contributed by atoms with van der Waals surface area (Å²) in [5, 5.41) is 2.89. The number of hydrogen-bond donors (Lipinski definition) is 2. The average molecular weight is 251 g/mol. The number of urea groups is 1. The minimum Gasteiger partial charge on any atom is -0.330 e. The Morgan fingerprint density at radius 2 is 2.17 bits per heavy atom. The lowest BCUT2D eigenvalue weighted by Crippen LogP contribution is -2.34. The molecule has 1 aliphatic rings. The first kappa shape index (κ1) is 12.8. The average Bonchev–Trinajstić information content (AvgIpc) is 2.71. The lowest BCUT2D eigenvalue weighted by Gasteiger charge is -2.18. The highest BCUT2D eigenvalue weighted by atomic mass is 19.1. The van der Waals surface area contributed by atoms with Crippen LogP contribution in [0, 0.1) is 11.7 Å². The normalized spacial score (nSPS) is 20.9. The van der Waals surface area contributed by atoms with Crippen LogP contribution in [0.3, 0.4) is 0 Å². The number of nitrogens with zero attached hydrogens (tertiary/aromatic N) is 1. The van der Waals surface area contributed by atoms with Crippen LogP contribution in [0.15, 0.2) is 24.3 Å². The van der Waals surface area contributed by atoms with Crippen molar-refractivity contribution in [1.82, 2.24) is 10.2 Å². The summed E-state index contributed by atoms with van der Waals surface area (Å²) in [7, 11) is 0. The van der Waals surface area contributed by atoms with Gasteiger partial charge in [-0.25, -0.2) is 9.18 Å². The molecule has 98 valence electrons. The van der Waals surface area contributed by atoms with E-state index in [1.54, 1.807) is 17.0 Å². The number of carbonyl (C=O) groups is 1. The van der Waals surface area contributed by atoms with E-state index >= 15 is 0 Å². The maximum atomic E-state index is 12.8. The molecular formula is C13H18FN3O. The van der Waals surface area contributed by atoms with Crippen molar-refractivity contribution in [3.63, 3.8) is 0 Å². The Morgan fingerprint density at radius 3 is 2.78 bits per heavy atom. The molecule has 2 rings (SSSR count). The Bertz CT molecular complexity index is 421. The zero-order chi connectivity index (χ0) is 13.1. The number of carbonyl (C=O) groups excluding carboxylic acids is 1. The van der Waals surface area contributed by atoms with Crippen LogP contribution >= 0.6 is 0 Å². The number of hydrogen-bond acceptors (Lipinski definition) is 2. The van der Waals surface area contributed by atoms with Crippen LogP contribution in [0.5, 0.6) is 0 Å².